The smallest absolute Gasteiger partial charge is 0.241 e. The Morgan fingerprint density at radius 1 is 1.45 bits per heavy atom. The van der Waals surface area contributed by atoms with Gasteiger partial charge in [0.25, 0.3) is 0 Å². The van der Waals surface area contributed by atoms with E-state index < -0.39 is 10.0 Å². The summed E-state index contributed by atoms with van der Waals surface area (Å²) in [6.45, 7) is 5.03. The number of aliphatic hydroxyl groups excluding tert-OH is 1. The fraction of sp³-hybridized carbons (Fsp3) is 0.692. The third-order valence-corrected chi connectivity index (χ3v) is 6.12. The normalized spacial score (nSPS) is 18.5. The van der Waals surface area contributed by atoms with Crippen LogP contribution < -0.4 is 4.72 Å². The van der Waals surface area contributed by atoms with Gasteiger partial charge in [0.1, 0.15) is 0 Å². The van der Waals surface area contributed by atoms with Crippen LogP contribution >= 0.6 is 11.3 Å². The van der Waals surface area contributed by atoms with Crippen molar-refractivity contribution in [3.05, 3.63) is 16.3 Å². The van der Waals surface area contributed by atoms with E-state index in [-0.39, 0.29) is 17.5 Å². The van der Waals surface area contributed by atoms with Crippen molar-refractivity contribution in [1.29, 1.82) is 0 Å². The molecule has 1 aromatic heterocycles. The van der Waals surface area contributed by atoms with Crippen LogP contribution in [0.4, 0.5) is 0 Å². The van der Waals surface area contributed by atoms with Crippen molar-refractivity contribution in [2.24, 2.45) is 0 Å². The average Bonchev–Trinajstić information content (AvgIpc) is 2.91. The minimum atomic E-state index is -3.45. The van der Waals surface area contributed by atoms with Gasteiger partial charge in [0.15, 0.2) is 0 Å². The zero-order valence-electron chi connectivity index (χ0n) is 11.7. The summed E-state index contributed by atoms with van der Waals surface area (Å²) in [6.07, 6.45) is 2.85. The average molecular weight is 318 g/mol. The van der Waals surface area contributed by atoms with Gasteiger partial charge in [-0.25, -0.2) is 13.1 Å². The summed E-state index contributed by atoms with van der Waals surface area (Å²) < 4.78 is 27.3. The predicted octanol–water partition coefficient (Wildman–Crippen LogP) is 1.39. The van der Waals surface area contributed by atoms with Crippen LogP contribution in [0, 0.1) is 0 Å². The number of sulfonamides is 1. The third-order valence-electron chi connectivity index (χ3n) is 3.55. The Morgan fingerprint density at radius 3 is 2.70 bits per heavy atom. The molecule has 0 atom stereocenters. The molecule has 1 aromatic rings. The van der Waals surface area contributed by atoms with E-state index in [4.69, 9.17) is 5.11 Å². The summed E-state index contributed by atoms with van der Waals surface area (Å²) in [6, 6.07) is 1.56. The number of aliphatic hydroxyl groups is 1. The lowest BCUT2D eigenvalue weighted by Gasteiger charge is -2.31. The van der Waals surface area contributed by atoms with Crippen molar-refractivity contribution < 1.29 is 13.5 Å². The van der Waals surface area contributed by atoms with Gasteiger partial charge in [-0.15, -0.1) is 11.3 Å². The first-order chi connectivity index (χ1) is 9.55. The molecule has 1 saturated heterocycles. The SMILES string of the molecule is CCCN1CCC(NS(=O)(=O)c2csc(CO)c2)CC1. The molecule has 0 radical (unpaired) electrons. The summed E-state index contributed by atoms with van der Waals surface area (Å²) in [4.78, 5) is 3.31. The molecule has 0 saturated carbocycles. The molecule has 7 heteroatoms. The number of nitrogens with zero attached hydrogens (tertiary/aromatic N) is 1. The molecule has 2 heterocycles. The molecule has 0 spiro atoms. The van der Waals surface area contributed by atoms with E-state index >= 15 is 0 Å². The summed E-state index contributed by atoms with van der Waals surface area (Å²) in [5.74, 6) is 0. The van der Waals surface area contributed by atoms with Crippen LogP contribution in [0.5, 0.6) is 0 Å². The summed E-state index contributed by atoms with van der Waals surface area (Å²) in [5.41, 5.74) is 0. The van der Waals surface area contributed by atoms with Gasteiger partial charge in [-0.3, -0.25) is 0 Å². The molecule has 1 aliphatic heterocycles. The minimum Gasteiger partial charge on any atom is -0.391 e. The Labute approximate surface area is 124 Å². The Balaban J connectivity index is 1.92. The van der Waals surface area contributed by atoms with Crippen LogP contribution in [-0.2, 0) is 16.6 Å². The van der Waals surface area contributed by atoms with E-state index in [1.54, 1.807) is 11.4 Å². The van der Waals surface area contributed by atoms with Gasteiger partial charge in [-0.05, 0) is 45.0 Å². The van der Waals surface area contributed by atoms with Crippen molar-refractivity contribution in [2.45, 2.75) is 43.7 Å². The lowest BCUT2D eigenvalue weighted by Crippen LogP contribution is -2.44. The Kier molecular flexibility index (Phi) is 5.57. The fourth-order valence-electron chi connectivity index (χ4n) is 2.46. The number of hydrogen-bond donors (Lipinski definition) is 2. The Hall–Kier alpha value is -0.470. The second kappa shape index (κ2) is 7.00. The number of thiophene rings is 1. The second-order valence-electron chi connectivity index (χ2n) is 5.14. The highest BCUT2D eigenvalue weighted by Crippen LogP contribution is 2.21. The van der Waals surface area contributed by atoms with Crippen molar-refractivity contribution in [2.75, 3.05) is 19.6 Å². The van der Waals surface area contributed by atoms with Gasteiger partial charge >= 0.3 is 0 Å². The lowest BCUT2D eigenvalue weighted by atomic mass is 10.1. The molecule has 114 valence electrons. The maximum absolute atomic E-state index is 12.2. The second-order valence-corrected chi connectivity index (χ2v) is 7.85. The minimum absolute atomic E-state index is 0.0191. The largest absolute Gasteiger partial charge is 0.391 e. The van der Waals surface area contributed by atoms with Crippen LogP contribution in [0.15, 0.2) is 16.3 Å². The lowest BCUT2D eigenvalue weighted by molar-refractivity contribution is 0.208. The number of hydrogen-bond acceptors (Lipinski definition) is 5. The first kappa shape index (κ1) is 15.9. The first-order valence-corrected chi connectivity index (χ1v) is 9.34. The highest BCUT2D eigenvalue weighted by atomic mass is 32.2. The Bertz CT molecular complexity index is 519. The quantitative estimate of drug-likeness (QED) is 0.832. The molecule has 2 rings (SSSR count). The molecule has 5 nitrogen and oxygen atoms in total. The molecule has 0 aromatic carbocycles. The van der Waals surface area contributed by atoms with Crippen LogP contribution in [-0.4, -0.2) is 44.1 Å². The predicted molar refractivity (Wildman–Crippen MR) is 80.3 cm³/mol. The maximum atomic E-state index is 12.2. The zero-order chi connectivity index (χ0) is 14.6. The topological polar surface area (TPSA) is 69.6 Å². The van der Waals surface area contributed by atoms with Crippen LogP contribution in [0.1, 0.15) is 31.1 Å². The zero-order valence-corrected chi connectivity index (χ0v) is 13.3. The molecular weight excluding hydrogens is 296 g/mol. The monoisotopic (exact) mass is 318 g/mol. The van der Waals surface area contributed by atoms with Crippen molar-refractivity contribution >= 4 is 21.4 Å². The highest BCUT2D eigenvalue weighted by Gasteiger charge is 2.24. The molecule has 1 fully saturated rings. The van der Waals surface area contributed by atoms with Gasteiger partial charge in [-0.1, -0.05) is 6.92 Å². The standard InChI is InChI=1S/C13H22N2O3S2/c1-2-5-15-6-3-11(4-7-15)14-20(17,18)13-8-12(9-16)19-10-13/h8,10-11,14,16H,2-7,9H2,1H3. The van der Waals surface area contributed by atoms with Gasteiger partial charge < -0.3 is 10.0 Å². The summed E-state index contributed by atoms with van der Waals surface area (Å²) in [7, 11) is -3.45. The number of nitrogens with one attached hydrogen (secondary N) is 1. The van der Waals surface area contributed by atoms with E-state index in [2.05, 4.69) is 16.5 Å². The molecule has 0 unspecified atom stereocenters. The van der Waals surface area contributed by atoms with Gasteiger partial charge in [0.2, 0.25) is 10.0 Å². The Morgan fingerprint density at radius 2 is 2.15 bits per heavy atom. The molecule has 0 bridgehead atoms. The van der Waals surface area contributed by atoms with E-state index in [0.717, 1.165) is 38.9 Å². The third kappa shape index (κ3) is 4.02. The molecular formula is C13H22N2O3S2. The van der Waals surface area contributed by atoms with Gasteiger partial charge in [0, 0.05) is 16.3 Å². The highest BCUT2D eigenvalue weighted by molar-refractivity contribution is 7.89. The number of likely N-dealkylation sites (tertiary alicyclic amines) is 1. The van der Waals surface area contributed by atoms with Crippen LogP contribution in [0.25, 0.3) is 0 Å². The van der Waals surface area contributed by atoms with E-state index in [1.807, 2.05) is 0 Å². The van der Waals surface area contributed by atoms with Crippen LogP contribution in [0.3, 0.4) is 0 Å². The van der Waals surface area contributed by atoms with Crippen LogP contribution in [0.2, 0.25) is 0 Å². The summed E-state index contributed by atoms with van der Waals surface area (Å²) in [5, 5.41) is 10.6. The summed E-state index contributed by atoms with van der Waals surface area (Å²) >= 11 is 1.27. The molecule has 1 aliphatic rings. The van der Waals surface area contributed by atoms with Crippen molar-refractivity contribution in [3.8, 4) is 0 Å². The molecule has 0 amide bonds. The number of piperidine rings is 1. The fourth-order valence-corrected chi connectivity index (χ4v) is 4.90. The van der Waals surface area contributed by atoms with E-state index in [0.29, 0.717) is 4.88 Å². The van der Waals surface area contributed by atoms with Crippen molar-refractivity contribution in [3.63, 3.8) is 0 Å². The molecule has 20 heavy (non-hydrogen) atoms. The molecule has 0 aliphatic carbocycles. The van der Waals surface area contributed by atoms with E-state index in [1.165, 1.54) is 11.3 Å². The van der Waals surface area contributed by atoms with Gasteiger partial charge in [0.05, 0.1) is 11.5 Å². The van der Waals surface area contributed by atoms with Crippen molar-refractivity contribution in [1.82, 2.24) is 9.62 Å². The molecule has 2 N–H and O–H groups in total. The maximum Gasteiger partial charge on any atom is 0.241 e. The van der Waals surface area contributed by atoms with Gasteiger partial charge in [-0.2, -0.15) is 0 Å². The number of rotatable bonds is 6. The van der Waals surface area contributed by atoms with E-state index in [9.17, 15) is 8.42 Å². The first-order valence-electron chi connectivity index (χ1n) is 6.98.